The molecule has 0 atom stereocenters. The molecule has 4 nitrogen and oxygen atoms in total. The lowest BCUT2D eigenvalue weighted by molar-refractivity contribution is 0.413. The summed E-state index contributed by atoms with van der Waals surface area (Å²) in [6, 6.07) is 11.7. The minimum atomic E-state index is 0.577. The van der Waals surface area contributed by atoms with E-state index < -0.39 is 0 Å². The number of ether oxygens (including phenoxy) is 1. The van der Waals surface area contributed by atoms with Crippen molar-refractivity contribution in [2.24, 2.45) is 0 Å². The summed E-state index contributed by atoms with van der Waals surface area (Å²) in [6.07, 6.45) is 0.613. The average molecular weight is 353 g/mol. The Balaban J connectivity index is 1.58. The molecule has 0 aliphatic heterocycles. The molecule has 0 N–H and O–H groups in total. The van der Waals surface area contributed by atoms with Crippen LogP contribution in [0.2, 0.25) is 4.34 Å². The van der Waals surface area contributed by atoms with E-state index in [0.29, 0.717) is 17.5 Å². The predicted molar refractivity (Wildman–Crippen MR) is 89.0 cm³/mol. The van der Waals surface area contributed by atoms with Crippen LogP contribution in [0.25, 0.3) is 0 Å². The van der Waals surface area contributed by atoms with Crippen LogP contribution in [0.1, 0.15) is 16.3 Å². The van der Waals surface area contributed by atoms with Crippen LogP contribution >= 0.6 is 34.7 Å². The fraction of sp³-hybridized carbons (Fsp3) is 0.200. The highest BCUT2D eigenvalue weighted by molar-refractivity contribution is 7.98. The SMILES string of the molecule is COc1ccc(Cc2nnc(SCc3ccc(Cl)s3)o2)cc1. The van der Waals surface area contributed by atoms with Crippen LogP contribution in [-0.4, -0.2) is 17.3 Å². The molecule has 114 valence electrons. The zero-order valence-corrected chi connectivity index (χ0v) is 14.2. The molecule has 0 aliphatic carbocycles. The molecule has 0 fully saturated rings. The third-order valence-corrected chi connectivity index (χ3v) is 5.21. The maximum atomic E-state index is 5.91. The first-order valence-electron chi connectivity index (χ1n) is 6.55. The Labute approximate surface area is 141 Å². The molecule has 0 amide bonds. The third-order valence-electron chi connectivity index (χ3n) is 2.93. The molecule has 0 saturated heterocycles. The Morgan fingerprint density at radius 1 is 1.18 bits per heavy atom. The van der Waals surface area contributed by atoms with E-state index in [-0.39, 0.29) is 0 Å². The molecule has 0 unspecified atom stereocenters. The van der Waals surface area contributed by atoms with Gasteiger partial charge in [0, 0.05) is 10.6 Å². The standard InChI is InChI=1S/C15H13ClN2O2S2/c1-19-11-4-2-10(3-5-11)8-14-17-18-15(20-14)21-9-12-6-7-13(16)22-12/h2-7H,8-9H2,1H3. The number of rotatable bonds is 6. The second kappa shape index (κ2) is 7.17. The summed E-state index contributed by atoms with van der Waals surface area (Å²) in [5.74, 6) is 2.22. The van der Waals surface area contributed by atoms with Crippen molar-refractivity contribution < 1.29 is 9.15 Å². The summed E-state index contributed by atoms with van der Waals surface area (Å²) >= 11 is 8.99. The molecule has 7 heteroatoms. The molecule has 2 aromatic heterocycles. The second-order valence-corrected chi connectivity index (χ2v) is 7.21. The van der Waals surface area contributed by atoms with E-state index in [1.807, 2.05) is 36.4 Å². The van der Waals surface area contributed by atoms with Crippen molar-refractivity contribution in [3.8, 4) is 5.75 Å². The van der Waals surface area contributed by atoms with E-state index in [2.05, 4.69) is 10.2 Å². The third kappa shape index (κ3) is 4.03. The van der Waals surface area contributed by atoms with Crippen molar-refractivity contribution in [3.05, 3.63) is 57.1 Å². The van der Waals surface area contributed by atoms with Crippen LogP contribution in [0.5, 0.6) is 5.75 Å². The van der Waals surface area contributed by atoms with Gasteiger partial charge < -0.3 is 9.15 Å². The average Bonchev–Trinajstić information content (AvgIpc) is 3.15. The first-order valence-corrected chi connectivity index (χ1v) is 8.73. The molecular weight excluding hydrogens is 340 g/mol. The molecule has 0 saturated carbocycles. The number of benzene rings is 1. The fourth-order valence-corrected chi connectivity index (χ4v) is 3.76. The van der Waals surface area contributed by atoms with Gasteiger partial charge in [0.1, 0.15) is 5.75 Å². The maximum Gasteiger partial charge on any atom is 0.276 e. The van der Waals surface area contributed by atoms with Gasteiger partial charge in [0.15, 0.2) is 0 Å². The van der Waals surface area contributed by atoms with Gasteiger partial charge in [-0.15, -0.1) is 21.5 Å². The number of methoxy groups -OCH3 is 1. The highest BCUT2D eigenvalue weighted by Crippen LogP contribution is 2.28. The first kappa shape index (κ1) is 15.4. The Kier molecular flexibility index (Phi) is 5.02. The lowest BCUT2D eigenvalue weighted by Gasteiger charge is -2.00. The van der Waals surface area contributed by atoms with Gasteiger partial charge >= 0.3 is 0 Å². The second-order valence-electron chi connectivity index (χ2n) is 4.48. The highest BCUT2D eigenvalue weighted by atomic mass is 35.5. The lowest BCUT2D eigenvalue weighted by atomic mass is 10.1. The van der Waals surface area contributed by atoms with E-state index in [1.54, 1.807) is 18.4 Å². The van der Waals surface area contributed by atoms with Crippen molar-refractivity contribution in [1.82, 2.24) is 10.2 Å². The number of halogens is 1. The molecular formula is C15H13ClN2O2S2. The molecule has 1 aromatic carbocycles. The van der Waals surface area contributed by atoms with Crippen LogP contribution in [-0.2, 0) is 12.2 Å². The zero-order chi connectivity index (χ0) is 15.4. The summed E-state index contributed by atoms with van der Waals surface area (Å²) in [7, 11) is 1.65. The zero-order valence-electron chi connectivity index (χ0n) is 11.8. The number of hydrogen-bond acceptors (Lipinski definition) is 6. The normalized spacial score (nSPS) is 10.8. The number of thioether (sulfide) groups is 1. The molecule has 3 aromatic rings. The lowest BCUT2D eigenvalue weighted by Crippen LogP contribution is -1.89. The first-order chi connectivity index (χ1) is 10.7. The van der Waals surface area contributed by atoms with Gasteiger partial charge in [0.2, 0.25) is 5.89 Å². The van der Waals surface area contributed by atoms with Crippen molar-refractivity contribution >= 4 is 34.7 Å². The highest BCUT2D eigenvalue weighted by Gasteiger charge is 2.09. The molecule has 2 heterocycles. The number of aromatic nitrogens is 2. The Hall–Kier alpha value is -1.50. The molecule has 0 spiro atoms. The minimum Gasteiger partial charge on any atom is -0.497 e. The maximum absolute atomic E-state index is 5.91. The molecule has 22 heavy (non-hydrogen) atoms. The van der Waals surface area contributed by atoms with Gasteiger partial charge in [-0.25, -0.2) is 0 Å². The molecule has 0 radical (unpaired) electrons. The quantitative estimate of drug-likeness (QED) is 0.603. The Bertz CT molecular complexity index is 740. The smallest absolute Gasteiger partial charge is 0.276 e. The van der Waals surface area contributed by atoms with E-state index in [9.17, 15) is 0 Å². The minimum absolute atomic E-state index is 0.577. The number of thiophene rings is 1. The van der Waals surface area contributed by atoms with Crippen molar-refractivity contribution in [3.63, 3.8) is 0 Å². The van der Waals surface area contributed by atoms with Crippen molar-refractivity contribution in [1.29, 1.82) is 0 Å². The van der Waals surface area contributed by atoms with Gasteiger partial charge in [-0.1, -0.05) is 35.5 Å². The van der Waals surface area contributed by atoms with Gasteiger partial charge in [-0.05, 0) is 29.8 Å². The summed E-state index contributed by atoms with van der Waals surface area (Å²) in [4.78, 5) is 1.19. The predicted octanol–water partition coefficient (Wildman–Crippen LogP) is 4.68. The van der Waals surface area contributed by atoms with E-state index in [1.165, 1.54) is 16.6 Å². The summed E-state index contributed by atoms with van der Waals surface area (Å²) in [6.45, 7) is 0. The van der Waals surface area contributed by atoms with E-state index in [0.717, 1.165) is 21.4 Å². The van der Waals surface area contributed by atoms with Crippen LogP contribution in [0.15, 0.2) is 46.0 Å². The van der Waals surface area contributed by atoms with Gasteiger partial charge in [-0.2, -0.15) is 0 Å². The van der Waals surface area contributed by atoms with Gasteiger partial charge in [-0.3, -0.25) is 0 Å². The van der Waals surface area contributed by atoms with E-state index >= 15 is 0 Å². The number of hydrogen-bond donors (Lipinski definition) is 0. The largest absolute Gasteiger partial charge is 0.497 e. The van der Waals surface area contributed by atoms with E-state index in [4.69, 9.17) is 20.8 Å². The molecule has 0 bridgehead atoms. The fourth-order valence-electron chi connectivity index (χ4n) is 1.85. The Morgan fingerprint density at radius 3 is 2.68 bits per heavy atom. The topological polar surface area (TPSA) is 48.2 Å². The van der Waals surface area contributed by atoms with Gasteiger partial charge in [0.25, 0.3) is 5.22 Å². The van der Waals surface area contributed by atoms with Gasteiger partial charge in [0.05, 0.1) is 17.9 Å². The summed E-state index contributed by atoms with van der Waals surface area (Å²) in [5, 5.41) is 8.72. The van der Waals surface area contributed by atoms with Crippen LogP contribution < -0.4 is 4.74 Å². The van der Waals surface area contributed by atoms with Crippen LogP contribution in [0, 0.1) is 0 Å². The van der Waals surface area contributed by atoms with Crippen LogP contribution in [0.4, 0.5) is 0 Å². The van der Waals surface area contributed by atoms with Crippen molar-refractivity contribution in [2.45, 2.75) is 17.4 Å². The molecule has 0 aliphatic rings. The molecule has 3 rings (SSSR count). The van der Waals surface area contributed by atoms with Crippen molar-refractivity contribution in [2.75, 3.05) is 7.11 Å². The summed E-state index contributed by atoms with van der Waals surface area (Å²) < 4.78 is 11.6. The Morgan fingerprint density at radius 2 is 2.00 bits per heavy atom. The number of nitrogens with zero attached hydrogens (tertiary/aromatic N) is 2. The van der Waals surface area contributed by atoms with Crippen LogP contribution in [0.3, 0.4) is 0 Å². The monoisotopic (exact) mass is 352 g/mol. The summed E-state index contributed by atoms with van der Waals surface area (Å²) in [5.41, 5.74) is 1.10.